The van der Waals surface area contributed by atoms with Gasteiger partial charge in [-0.3, -0.25) is 0 Å². The van der Waals surface area contributed by atoms with Crippen LogP contribution in [0.3, 0.4) is 0 Å². The first kappa shape index (κ1) is 49.0. The number of benzene rings is 13. The molecule has 0 spiro atoms. The van der Waals surface area contributed by atoms with Gasteiger partial charge in [-0.15, -0.1) is 0 Å². The summed E-state index contributed by atoms with van der Waals surface area (Å²) in [7, 11) is 0. The summed E-state index contributed by atoms with van der Waals surface area (Å²) in [5.41, 5.74) is 25.4. The average Bonchev–Trinajstić information content (AvgIpc) is 1.17. The SMILES string of the molecule is Fc1cc(F)cc(-c2ccccc2-n2c3ccccc3c3cc(-c4cc5c6c(c4)N(c4cc(-c7ccccc7)cc(-c7ccccc7)c4)c4ccccc4B6c4ccccc4N5c4cc(-c5ccccc5)cc(-c5ccccc5)c4)ccc32)c1. The zero-order chi connectivity index (χ0) is 55.8. The van der Waals surface area contributed by atoms with Gasteiger partial charge in [0, 0.05) is 56.5 Å². The van der Waals surface area contributed by atoms with Crippen molar-refractivity contribution in [2.75, 3.05) is 9.80 Å². The Morgan fingerprint density at radius 3 is 1.15 bits per heavy atom. The molecular formula is C78H50BF2N3. The molecule has 0 aliphatic carbocycles. The highest BCUT2D eigenvalue weighted by atomic mass is 19.1. The van der Waals surface area contributed by atoms with Crippen LogP contribution in [-0.4, -0.2) is 11.3 Å². The molecule has 84 heavy (non-hydrogen) atoms. The molecule has 2 aliphatic rings. The lowest BCUT2D eigenvalue weighted by atomic mass is 9.33. The molecule has 3 nitrogen and oxygen atoms in total. The van der Waals surface area contributed by atoms with E-state index in [2.05, 4.69) is 275 Å². The first-order valence-corrected chi connectivity index (χ1v) is 28.5. The molecule has 3 heterocycles. The van der Waals surface area contributed by atoms with Crippen molar-refractivity contribution >= 4 is 79.0 Å². The van der Waals surface area contributed by atoms with Crippen molar-refractivity contribution in [2.24, 2.45) is 0 Å². The number of hydrogen-bond acceptors (Lipinski definition) is 2. The van der Waals surface area contributed by atoms with Gasteiger partial charge in [0.1, 0.15) is 11.6 Å². The molecule has 1 aromatic heterocycles. The monoisotopic (exact) mass is 1080 g/mol. The van der Waals surface area contributed by atoms with Crippen LogP contribution >= 0.6 is 0 Å². The van der Waals surface area contributed by atoms with Crippen LogP contribution in [0.1, 0.15) is 0 Å². The number of fused-ring (bicyclic) bond motifs is 7. The Balaban J connectivity index is 0.988. The minimum Gasteiger partial charge on any atom is -0.311 e. The van der Waals surface area contributed by atoms with E-state index < -0.39 is 11.6 Å². The fraction of sp³-hybridized carbons (Fsp3) is 0. The molecule has 16 rings (SSSR count). The summed E-state index contributed by atoms with van der Waals surface area (Å²) in [6.45, 7) is -0.104. The Morgan fingerprint density at radius 1 is 0.250 bits per heavy atom. The molecule has 13 aromatic carbocycles. The van der Waals surface area contributed by atoms with E-state index in [0.717, 1.165) is 129 Å². The molecular weight excluding hydrogens is 1030 g/mol. The smallest absolute Gasteiger partial charge is 0.252 e. The normalized spacial score (nSPS) is 12.3. The quantitative estimate of drug-likeness (QED) is 0.134. The zero-order valence-corrected chi connectivity index (χ0v) is 45.5. The predicted octanol–water partition coefficient (Wildman–Crippen LogP) is 19.1. The summed E-state index contributed by atoms with van der Waals surface area (Å²) in [5, 5.41) is 2.13. The average molecular weight is 1080 g/mol. The second-order valence-corrected chi connectivity index (χ2v) is 21.9. The molecule has 0 unspecified atom stereocenters. The van der Waals surface area contributed by atoms with Crippen molar-refractivity contribution < 1.29 is 8.78 Å². The fourth-order valence-electron chi connectivity index (χ4n) is 13.3. The van der Waals surface area contributed by atoms with E-state index in [0.29, 0.717) is 5.56 Å². The standard InChI is InChI=1S/C78H50BF2N3/c80-62-41-61(42-63(81)50-62)66-29-13-17-33-71(66)84-72-34-18-14-30-67(72)68-47-55(37-38-73(68)84)60-48-76-78-77(49-60)83(65-45-58(53-25-9-3-10-26-53)40-59(46-65)54-27-11-4-12-28-54)75-36-20-16-32-70(75)79(78)69-31-15-19-35-74(69)82(76)64-43-56(51-21-5-1-6-22-51)39-57(44-64)52-23-7-2-8-24-52/h1-50H. The van der Waals surface area contributed by atoms with Gasteiger partial charge in [0.2, 0.25) is 0 Å². The van der Waals surface area contributed by atoms with Gasteiger partial charge >= 0.3 is 0 Å². The molecule has 0 amide bonds. The lowest BCUT2D eigenvalue weighted by Crippen LogP contribution is -2.61. The Bertz CT molecular complexity index is 4550. The largest absolute Gasteiger partial charge is 0.311 e. The zero-order valence-electron chi connectivity index (χ0n) is 45.5. The number of aromatic nitrogens is 1. The van der Waals surface area contributed by atoms with Crippen LogP contribution in [0.2, 0.25) is 0 Å². The lowest BCUT2D eigenvalue weighted by Gasteiger charge is -2.44. The van der Waals surface area contributed by atoms with Crippen molar-refractivity contribution in [3.8, 4) is 72.4 Å². The van der Waals surface area contributed by atoms with Crippen molar-refractivity contribution in [3.63, 3.8) is 0 Å². The number of hydrogen-bond donors (Lipinski definition) is 0. The highest BCUT2D eigenvalue weighted by molar-refractivity contribution is 7.00. The number of nitrogens with zero attached hydrogens (tertiary/aromatic N) is 3. The van der Waals surface area contributed by atoms with Gasteiger partial charge < -0.3 is 14.4 Å². The van der Waals surface area contributed by atoms with Crippen molar-refractivity contribution in [1.29, 1.82) is 0 Å². The van der Waals surface area contributed by atoms with Crippen LogP contribution in [0.5, 0.6) is 0 Å². The van der Waals surface area contributed by atoms with Crippen molar-refractivity contribution in [1.82, 2.24) is 4.57 Å². The van der Waals surface area contributed by atoms with Crippen LogP contribution in [0.15, 0.2) is 303 Å². The molecule has 2 aliphatic heterocycles. The van der Waals surface area contributed by atoms with Gasteiger partial charge in [-0.1, -0.05) is 200 Å². The molecule has 0 radical (unpaired) electrons. The minimum atomic E-state index is -0.618. The van der Waals surface area contributed by atoms with Gasteiger partial charge in [-0.05, 0) is 175 Å². The first-order valence-electron chi connectivity index (χ1n) is 28.5. The van der Waals surface area contributed by atoms with Crippen LogP contribution in [-0.2, 0) is 0 Å². The number of anilines is 6. The molecule has 6 heteroatoms. The first-order chi connectivity index (χ1) is 41.5. The Morgan fingerprint density at radius 2 is 0.655 bits per heavy atom. The van der Waals surface area contributed by atoms with Gasteiger partial charge in [-0.2, -0.15) is 0 Å². The van der Waals surface area contributed by atoms with Crippen LogP contribution in [0, 0.1) is 11.6 Å². The summed E-state index contributed by atoms with van der Waals surface area (Å²) >= 11 is 0. The fourth-order valence-corrected chi connectivity index (χ4v) is 13.3. The van der Waals surface area contributed by atoms with Crippen molar-refractivity contribution in [3.05, 3.63) is 315 Å². The highest BCUT2D eigenvalue weighted by Crippen LogP contribution is 2.49. The molecule has 0 N–H and O–H groups in total. The lowest BCUT2D eigenvalue weighted by molar-refractivity contribution is 0.584. The molecule has 0 atom stereocenters. The summed E-state index contributed by atoms with van der Waals surface area (Å²) in [4.78, 5) is 5.04. The second kappa shape index (κ2) is 20.0. The Labute approximate surface area is 487 Å². The maximum absolute atomic E-state index is 15.0. The molecule has 14 aromatic rings. The maximum atomic E-state index is 15.0. The third-order valence-electron chi connectivity index (χ3n) is 17.0. The van der Waals surface area contributed by atoms with Gasteiger partial charge in [0.25, 0.3) is 6.71 Å². The molecule has 0 saturated heterocycles. The van der Waals surface area contributed by atoms with E-state index in [-0.39, 0.29) is 6.71 Å². The van der Waals surface area contributed by atoms with Gasteiger partial charge in [-0.25, -0.2) is 8.78 Å². The summed E-state index contributed by atoms with van der Waals surface area (Å²) in [6, 6.07) is 107. The van der Waals surface area contributed by atoms with E-state index in [9.17, 15) is 8.78 Å². The van der Waals surface area contributed by atoms with Gasteiger partial charge in [0.05, 0.1) is 16.7 Å². The molecule has 394 valence electrons. The number of rotatable bonds is 9. The Kier molecular flexibility index (Phi) is 11.7. The Hall–Kier alpha value is -10.8. The third kappa shape index (κ3) is 8.25. The highest BCUT2D eigenvalue weighted by Gasteiger charge is 2.44. The summed E-state index contributed by atoms with van der Waals surface area (Å²) in [5.74, 6) is -1.24. The van der Waals surface area contributed by atoms with Crippen LogP contribution in [0.4, 0.5) is 42.9 Å². The third-order valence-corrected chi connectivity index (χ3v) is 17.0. The topological polar surface area (TPSA) is 11.4 Å². The number of para-hydroxylation sites is 4. The predicted molar refractivity (Wildman–Crippen MR) is 347 cm³/mol. The molecule has 0 fully saturated rings. The summed E-state index contributed by atoms with van der Waals surface area (Å²) < 4.78 is 32.2. The molecule has 0 saturated carbocycles. The molecule has 0 bridgehead atoms. The van der Waals surface area contributed by atoms with Crippen LogP contribution < -0.4 is 26.2 Å². The second-order valence-electron chi connectivity index (χ2n) is 21.9. The number of halogens is 2. The van der Waals surface area contributed by atoms with Crippen molar-refractivity contribution in [2.45, 2.75) is 0 Å². The summed E-state index contributed by atoms with van der Waals surface area (Å²) in [6.07, 6.45) is 0. The van der Waals surface area contributed by atoms with E-state index in [1.807, 2.05) is 24.3 Å². The van der Waals surface area contributed by atoms with E-state index in [1.165, 1.54) is 28.5 Å². The van der Waals surface area contributed by atoms with E-state index in [1.54, 1.807) is 0 Å². The van der Waals surface area contributed by atoms with E-state index >= 15 is 0 Å². The van der Waals surface area contributed by atoms with Gasteiger partial charge in [0.15, 0.2) is 0 Å². The minimum absolute atomic E-state index is 0.104. The van der Waals surface area contributed by atoms with E-state index in [4.69, 9.17) is 0 Å². The maximum Gasteiger partial charge on any atom is 0.252 e. The van der Waals surface area contributed by atoms with Crippen LogP contribution in [0.25, 0.3) is 94.3 Å².